The maximum atomic E-state index is 12.2. The number of ether oxygens (including phenoxy) is 1. The Morgan fingerprint density at radius 3 is 2.95 bits per heavy atom. The van der Waals surface area contributed by atoms with Gasteiger partial charge in [-0.05, 0) is 31.2 Å². The number of benzene rings is 1. The van der Waals surface area contributed by atoms with E-state index < -0.39 is 0 Å². The number of nitrogens with zero attached hydrogens (tertiary/aromatic N) is 1. The van der Waals surface area contributed by atoms with E-state index in [1.54, 1.807) is 18.2 Å². The van der Waals surface area contributed by atoms with Gasteiger partial charge in [-0.15, -0.1) is 11.3 Å². The number of rotatable bonds is 6. The van der Waals surface area contributed by atoms with Gasteiger partial charge in [-0.1, -0.05) is 28.1 Å². The molecule has 20 heavy (non-hydrogen) atoms. The molecular formula is C15H14BrNO2S. The van der Waals surface area contributed by atoms with E-state index in [1.807, 2.05) is 24.4 Å². The first-order valence-electron chi connectivity index (χ1n) is 6.13. The maximum Gasteiger partial charge on any atom is 0.189 e. The average molecular weight is 352 g/mol. The van der Waals surface area contributed by atoms with Crippen LogP contribution >= 0.6 is 27.3 Å². The predicted octanol–water partition coefficient (Wildman–Crippen LogP) is 4.12. The van der Waals surface area contributed by atoms with Crippen molar-refractivity contribution in [2.24, 2.45) is 0 Å². The first-order valence-corrected chi connectivity index (χ1v) is 8.13. The monoisotopic (exact) mass is 351 g/mol. The molecule has 0 saturated carbocycles. The molecule has 1 aromatic heterocycles. The third-order valence-electron chi connectivity index (χ3n) is 2.50. The molecule has 0 atom stereocenters. The van der Waals surface area contributed by atoms with Crippen molar-refractivity contribution >= 4 is 39.1 Å². The molecule has 0 bridgehead atoms. The molecule has 2 rings (SSSR count). The van der Waals surface area contributed by atoms with E-state index >= 15 is 0 Å². The number of aromatic nitrogens is 1. The number of aryl methyl sites for hydroxylation is 1. The molecule has 0 unspecified atom stereocenters. The summed E-state index contributed by atoms with van der Waals surface area (Å²) in [6.07, 6.45) is 3.27. The first kappa shape index (κ1) is 14.9. The van der Waals surface area contributed by atoms with Crippen LogP contribution in [0.4, 0.5) is 0 Å². The normalized spacial score (nSPS) is 10.9. The number of thiazole rings is 1. The summed E-state index contributed by atoms with van der Waals surface area (Å²) in [5.41, 5.74) is 1.53. The Bertz CT molecular complexity index is 622. The highest BCUT2D eigenvalue weighted by molar-refractivity contribution is 9.09. The Labute approximate surface area is 130 Å². The van der Waals surface area contributed by atoms with Crippen LogP contribution in [0.2, 0.25) is 0 Å². The maximum absolute atomic E-state index is 12.2. The number of hydrogen-bond acceptors (Lipinski definition) is 4. The van der Waals surface area contributed by atoms with Gasteiger partial charge in [0.05, 0.1) is 12.2 Å². The van der Waals surface area contributed by atoms with Gasteiger partial charge in [-0.2, -0.15) is 0 Å². The van der Waals surface area contributed by atoms with Crippen LogP contribution in [0, 0.1) is 6.92 Å². The Balaban J connectivity index is 2.14. The van der Waals surface area contributed by atoms with Gasteiger partial charge in [-0.25, -0.2) is 4.98 Å². The van der Waals surface area contributed by atoms with Crippen LogP contribution < -0.4 is 4.74 Å². The Hall–Kier alpha value is -1.46. The van der Waals surface area contributed by atoms with Gasteiger partial charge < -0.3 is 4.74 Å². The van der Waals surface area contributed by atoms with Gasteiger partial charge in [-0.3, -0.25) is 4.79 Å². The number of ketones is 1. The number of allylic oxidation sites excluding steroid dienone is 1. The molecular weight excluding hydrogens is 338 g/mol. The van der Waals surface area contributed by atoms with E-state index in [0.717, 1.165) is 16.0 Å². The van der Waals surface area contributed by atoms with Gasteiger partial charge in [0, 0.05) is 16.4 Å². The van der Waals surface area contributed by atoms with Gasteiger partial charge >= 0.3 is 0 Å². The number of hydrogen-bond donors (Lipinski definition) is 0. The summed E-state index contributed by atoms with van der Waals surface area (Å²) in [6, 6.07) is 7.25. The van der Waals surface area contributed by atoms with Crippen molar-refractivity contribution in [2.45, 2.75) is 6.92 Å². The van der Waals surface area contributed by atoms with Crippen LogP contribution in [0.25, 0.3) is 6.08 Å². The highest BCUT2D eigenvalue weighted by atomic mass is 79.9. The molecule has 0 aliphatic carbocycles. The Morgan fingerprint density at radius 1 is 1.45 bits per heavy atom. The van der Waals surface area contributed by atoms with Crippen LogP contribution in [0.3, 0.4) is 0 Å². The second kappa shape index (κ2) is 7.36. The van der Waals surface area contributed by atoms with Crippen LogP contribution in [-0.4, -0.2) is 22.7 Å². The third-order valence-corrected chi connectivity index (χ3v) is 3.75. The molecule has 0 aliphatic heterocycles. The molecule has 0 amide bonds. The smallest absolute Gasteiger partial charge is 0.189 e. The van der Waals surface area contributed by atoms with Crippen molar-refractivity contribution < 1.29 is 9.53 Å². The number of carbonyl (C=O) groups excluding carboxylic acids is 1. The summed E-state index contributed by atoms with van der Waals surface area (Å²) in [4.78, 5) is 16.5. The minimum absolute atomic E-state index is 0.0805. The lowest BCUT2D eigenvalue weighted by molar-refractivity contribution is 0.104. The lowest BCUT2D eigenvalue weighted by Crippen LogP contribution is -2.03. The molecule has 0 radical (unpaired) electrons. The van der Waals surface area contributed by atoms with Crippen molar-refractivity contribution in [2.75, 3.05) is 11.9 Å². The molecule has 2 aromatic rings. The second-order valence-corrected chi connectivity index (χ2v) is 5.74. The van der Waals surface area contributed by atoms with Gasteiger partial charge in [0.1, 0.15) is 10.8 Å². The number of para-hydroxylation sites is 1. The minimum atomic E-state index is -0.0805. The molecule has 0 fully saturated rings. The lowest BCUT2D eigenvalue weighted by atomic mass is 10.1. The predicted molar refractivity (Wildman–Crippen MR) is 85.9 cm³/mol. The molecule has 0 aliphatic rings. The third kappa shape index (κ3) is 4.02. The van der Waals surface area contributed by atoms with Gasteiger partial charge in [0.15, 0.2) is 5.78 Å². The summed E-state index contributed by atoms with van der Waals surface area (Å²) in [6.45, 7) is 2.46. The van der Waals surface area contributed by atoms with Crippen molar-refractivity contribution in [3.05, 3.63) is 52.0 Å². The highest BCUT2D eigenvalue weighted by Crippen LogP contribution is 2.20. The Morgan fingerprint density at radius 2 is 2.25 bits per heavy atom. The molecule has 1 aromatic carbocycles. The zero-order valence-electron chi connectivity index (χ0n) is 11.0. The van der Waals surface area contributed by atoms with Gasteiger partial charge in [0.25, 0.3) is 0 Å². The van der Waals surface area contributed by atoms with E-state index in [0.29, 0.717) is 17.9 Å². The minimum Gasteiger partial charge on any atom is -0.492 e. The average Bonchev–Trinajstić information content (AvgIpc) is 2.88. The molecule has 104 valence electrons. The van der Waals surface area contributed by atoms with Crippen LogP contribution in [-0.2, 0) is 0 Å². The van der Waals surface area contributed by atoms with Crippen molar-refractivity contribution in [1.82, 2.24) is 4.98 Å². The Kier molecular flexibility index (Phi) is 5.49. The quantitative estimate of drug-likeness (QED) is 0.446. The highest BCUT2D eigenvalue weighted by Gasteiger charge is 2.09. The topological polar surface area (TPSA) is 39.2 Å². The molecule has 0 N–H and O–H groups in total. The fraction of sp³-hybridized carbons (Fsp3) is 0.200. The fourth-order valence-electron chi connectivity index (χ4n) is 1.63. The fourth-order valence-corrected chi connectivity index (χ4v) is 2.48. The SMILES string of the molecule is Cc1csc(C=CC(=O)c2ccccc2OCCBr)n1. The van der Waals surface area contributed by atoms with Crippen molar-refractivity contribution in [3.8, 4) is 5.75 Å². The van der Waals surface area contributed by atoms with Crippen molar-refractivity contribution in [3.63, 3.8) is 0 Å². The summed E-state index contributed by atoms with van der Waals surface area (Å²) < 4.78 is 5.55. The van der Waals surface area contributed by atoms with Gasteiger partial charge in [0.2, 0.25) is 0 Å². The van der Waals surface area contributed by atoms with E-state index in [9.17, 15) is 4.79 Å². The second-order valence-electron chi connectivity index (χ2n) is 4.06. The summed E-state index contributed by atoms with van der Waals surface area (Å²) in [5, 5.41) is 3.51. The molecule has 1 heterocycles. The molecule has 0 spiro atoms. The van der Waals surface area contributed by atoms with E-state index in [-0.39, 0.29) is 5.78 Å². The summed E-state index contributed by atoms with van der Waals surface area (Å²) in [5.74, 6) is 0.528. The number of halogens is 1. The zero-order valence-corrected chi connectivity index (χ0v) is 13.4. The van der Waals surface area contributed by atoms with E-state index in [4.69, 9.17) is 4.74 Å². The largest absolute Gasteiger partial charge is 0.492 e. The standard InChI is InChI=1S/C15H14BrNO2S/c1-11-10-20-15(17-11)7-6-13(18)12-4-2-3-5-14(12)19-9-8-16/h2-7,10H,8-9H2,1H3. The summed E-state index contributed by atoms with van der Waals surface area (Å²) >= 11 is 4.82. The van der Waals surface area contributed by atoms with E-state index in [2.05, 4.69) is 20.9 Å². The number of carbonyl (C=O) groups is 1. The van der Waals surface area contributed by atoms with E-state index in [1.165, 1.54) is 17.4 Å². The summed E-state index contributed by atoms with van der Waals surface area (Å²) in [7, 11) is 0. The number of alkyl halides is 1. The van der Waals surface area contributed by atoms with Crippen LogP contribution in [0.1, 0.15) is 21.1 Å². The molecule has 0 saturated heterocycles. The van der Waals surface area contributed by atoms with Crippen molar-refractivity contribution in [1.29, 1.82) is 0 Å². The lowest BCUT2D eigenvalue weighted by Gasteiger charge is -2.07. The molecule has 5 heteroatoms. The molecule has 3 nitrogen and oxygen atoms in total. The zero-order chi connectivity index (χ0) is 14.4. The van der Waals surface area contributed by atoms with Crippen LogP contribution in [0.5, 0.6) is 5.75 Å². The first-order chi connectivity index (χ1) is 9.70. The van der Waals surface area contributed by atoms with Crippen LogP contribution in [0.15, 0.2) is 35.7 Å².